The molecule has 4 rings (SSSR count). The molecule has 2 fully saturated rings. The number of pyridine rings is 1. The second kappa shape index (κ2) is 13.5. The Balaban J connectivity index is 1.60. The van der Waals surface area contributed by atoms with Gasteiger partial charge in [0.05, 0.1) is 30.5 Å². The first-order valence-corrected chi connectivity index (χ1v) is 17.3. The molecule has 0 spiro atoms. The lowest BCUT2D eigenvalue weighted by Gasteiger charge is -2.31. The molecule has 1 saturated carbocycles. The van der Waals surface area contributed by atoms with Crippen molar-refractivity contribution in [1.29, 1.82) is 0 Å². The molecular formula is C23H35ClN7O11PS. The highest BCUT2D eigenvalue weighted by Crippen LogP contribution is 2.53. The van der Waals surface area contributed by atoms with E-state index in [0.29, 0.717) is 11.1 Å². The lowest BCUT2D eigenvalue weighted by atomic mass is 10.1. The van der Waals surface area contributed by atoms with Gasteiger partial charge in [-0.15, -0.1) is 4.36 Å². The van der Waals surface area contributed by atoms with Crippen molar-refractivity contribution in [1.82, 2.24) is 24.8 Å². The van der Waals surface area contributed by atoms with Gasteiger partial charge in [0.2, 0.25) is 0 Å². The molecule has 3 amide bonds. The van der Waals surface area contributed by atoms with Crippen molar-refractivity contribution in [3.8, 4) is 0 Å². The van der Waals surface area contributed by atoms with Gasteiger partial charge in [-0.3, -0.25) is 14.1 Å². The van der Waals surface area contributed by atoms with E-state index in [2.05, 4.69) is 25.1 Å². The summed E-state index contributed by atoms with van der Waals surface area (Å²) >= 11 is 6.28. The van der Waals surface area contributed by atoms with Crippen molar-refractivity contribution >= 4 is 57.8 Å². The largest absolute Gasteiger partial charge is 0.387 e. The van der Waals surface area contributed by atoms with Gasteiger partial charge < -0.3 is 44.8 Å². The Morgan fingerprint density at radius 3 is 2.59 bits per heavy atom. The highest BCUT2D eigenvalue weighted by atomic mass is 35.5. The Hall–Kier alpha value is -2.45. The molecule has 3 heterocycles. The third-order valence-corrected chi connectivity index (χ3v) is 9.89. The minimum absolute atomic E-state index is 0.138. The van der Waals surface area contributed by atoms with Crippen molar-refractivity contribution in [2.45, 2.75) is 61.6 Å². The number of hydrogen-bond donors (Lipinski definition) is 7. The topological polar surface area (TPSA) is 256 Å². The van der Waals surface area contributed by atoms with Gasteiger partial charge >= 0.3 is 19.5 Å². The van der Waals surface area contributed by atoms with E-state index in [-0.39, 0.29) is 16.8 Å². The normalized spacial score (nSPS) is 25.4. The number of rotatable bonds is 11. The Labute approximate surface area is 257 Å². The predicted molar refractivity (Wildman–Crippen MR) is 156 cm³/mol. The number of anilines is 1. The molecule has 246 valence electrons. The Bertz CT molecular complexity index is 1560. The van der Waals surface area contributed by atoms with E-state index in [4.69, 9.17) is 25.8 Å². The van der Waals surface area contributed by atoms with Gasteiger partial charge in [-0.2, -0.15) is 5.10 Å². The van der Waals surface area contributed by atoms with E-state index in [1.54, 1.807) is 6.07 Å². The summed E-state index contributed by atoms with van der Waals surface area (Å²) in [6.45, 7) is -1.94. The van der Waals surface area contributed by atoms with Gasteiger partial charge in [-0.05, 0) is 18.9 Å². The van der Waals surface area contributed by atoms with Crippen LogP contribution in [0.4, 0.5) is 10.5 Å². The first-order chi connectivity index (χ1) is 20.6. The number of halogens is 1. The Morgan fingerprint density at radius 2 is 1.98 bits per heavy atom. The van der Waals surface area contributed by atoms with Crippen molar-refractivity contribution in [3.63, 3.8) is 0 Å². The molecule has 0 bridgehead atoms. The van der Waals surface area contributed by atoms with Crippen molar-refractivity contribution in [3.05, 3.63) is 17.4 Å². The standard InChI is InChI=1S/C23H35ClN7O11PS/c1-25-22(35)30-44(3,39)29-21(34)23(11-40-2,43(36,37)38)41-10-15-17(32)18(33)20(42-15)31-19-13(9-26-31)14(8-16(24)28-19)27-12-6-4-5-7-12/h8-9,12,15,17-18,20,32-33H,4-7,10-11H2,1-3H3,(H,27,28)(H2,36,37,38)(H2,25,29,30,34,35,39)/t15-,17-,18-,20-,23+,44?/m1/s1. The third kappa shape index (κ3) is 7.17. The van der Waals surface area contributed by atoms with Crippen molar-refractivity contribution in [2.75, 3.05) is 38.9 Å². The predicted octanol–water partition coefficient (Wildman–Crippen LogP) is 0.0638. The van der Waals surface area contributed by atoms with Crippen LogP contribution in [0.3, 0.4) is 0 Å². The number of carbonyl (C=O) groups excluding carboxylic acids is 2. The molecule has 0 aromatic carbocycles. The summed E-state index contributed by atoms with van der Waals surface area (Å²) in [5.41, 5.74) is 0.910. The fourth-order valence-electron chi connectivity index (χ4n) is 5.00. The molecule has 1 saturated heterocycles. The van der Waals surface area contributed by atoms with Crippen molar-refractivity contribution in [2.24, 2.45) is 4.36 Å². The number of aromatic nitrogens is 3. The van der Waals surface area contributed by atoms with Crippen LogP contribution < -0.4 is 15.4 Å². The van der Waals surface area contributed by atoms with Gasteiger partial charge in [0.1, 0.15) is 33.4 Å². The second-order valence-electron chi connectivity index (χ2n) is 10.4. The van der Waals surface area contributed by atoms with E-state index < -0.39 is 72.5 Å². The monoisotopic (exact) mass is 683 g/mol. The molecule has 1 aliphatic heterocycles. The van der Waals surface area contributed by atoms with Crippen LogP contribution in [0.25, 0.3) is 11.0 Å². The summed E-state index contributed by atoms with van der Waals surface area (Å²) in [7, 11) is -7.24. The first-order valence-electron chi connectivity index (χ1n) is 13.4. The summed E-state index contributed by atoms with van der Waals surface area (Å²) in [4.78, 5) is 49.3. The first kappa shape index (κ1) is 34.4. The Kier molecular flexibility index (Phi) is 10.6. The average Bonchev–Trinajstić information content (AvgIpc) is 3.66. The van der Waals surface area contributed by atoms with Crippen LogP contribution in [0.1, 0.15) is 31.9 Å². The number of carbonyl (C=O) groups is 2. The van der Waals surface area contributed by atoms with E-state index in [9.17, 15) is 38.4 Å². The fraction of sp³-hybridized carbons (Fsp3) is 0.652. The molecule has 44 heavy (non-hydrogen) atoms. The molecular weight excluding hydrogens is 649 g/mol. The Morgan fingerprint density at radius 1 is 1.30 bits per heavy atom. The van der Waals surface area contributed by atoms with Crippen LogP contribution in [0, 0.1) is 0 Å². The molecule has 21 heteroatoms. The molecule has 2 aromatic rings. The molecule has 6 atom stereocenters. The number of nitrogens with one attached hydrogen (secondary N) is 3. The average molecular weight is 684 g/mol. The van der Waals surface area contributed by atoms with Crippen LogP contribution in [0.5, 0.6) is 0 Å². The maximum atomic E-state index is 13.1. The van der Waals surface area contributed by atoms with E-state index in [0.717, 1.165) is 39.0 Å². The number of ether oxygens (including phenoxy) is 3. The summed E-state index contributed by atoms with van der Waals surface area (Å²) in [5, 5.41) is 29.1. The van der Waals surface area contributed by atoms with Crippen LogP contribution in [0.15, 0.2) is 16.6 Å². The lowest BCUT2D eigenvalue weighted by molar-refractivity contribution is -0.149. The number of fused-ring (bicyclic) bond motifs is 1. The van der Waals surface area contributed by atoms with Gasteiger partial charge in [-0.1, -0.05) is 24.4 Å². The number of methoxy groups -OCH3 is 1. The number of amides is 3. The quantitative estimate of drug-likeness (QED) is 0.122. The molecule has 7 N–H and O–H groups in total. The van der Waals surface area contributed by atoms with Crippen LogP contribution >= 0.6 is 19.2 Å². The molecule has 2 aliphatic rings. The molecule has 2 aromatic heterocycles. The number of urea groups is 1. The fourth-order valence-corrected chi connectivity index (χ4v) is 7.05. The summed E-state index contributed by atoms with van der Waals surface area (Å²) in [6, 6.07) is 0.923. The zero-order valence-electron chi connectivity index (χ0n) is 24.0. The van der Waals surface area contributed by atoms with Crippen LogP contribution in [-0.2, 0) is 33.5 Å². The van der Waals surface area contributed by atoms with Gasteiger partial charge in [0.15, 0.2) is 11.9 Å². The SMILES string of the molecule is CNC(=O)NS(C)(=O)=NC(=O)[C@@](COC)(OC[C@H]1O[C@@H](n2ncc3c(NC4CCCC4)cc(Cl)nc32)[C@H](O)[C@@H]1O)P(=O)(O)O. The van der Waals surface area contributed by atoms with Gasteiger partial charge in [0.25, 0.3) is 5.34 Å². The minimum Gasteiger partial charge on any atom is -0.387 e. The maximum Gasteiger partial charge on any atom is 0.369 e. The maximum absolute atomic E-state index is 13.1. The number of aliphatic hydroxyl groups excluding tert-OH is 2. The zero-order valence-corrected chi connectivity index (χ0v) is 26.4. The van der Waals surface area contributed by atoms with E-state index in [1.165, 1.54) is 17.9 Å². The number of aliphatic hydroxyl groups is 2. The third-order valence-electron chi connectivity index (χ3n) is 7.23. The van der Waals surface area contributed by atoms with Crippen LogP contribution in [-0.4, -0.2) is 114 Å². The van der Waals surface area contributed by atoms with E-state index >= 15 is 0 Å². The summed E-state index contributed by atoms with van der Waals surface area (Å²) < 4.78 is 47.7. The zero-order chi connectivity index (χ0) is 32.4. The molecule has 18 nitrogen and oxygen atoms in total. The van der Waals surface area contributed by atoms with E-state index in [1.807, 2.05) is 4.72 Å². The number of nitrogens with zero attached hydrogens (tertiary/aromatic N) is 4. The highest BCUT2D eigenvalue weighted by molar-refractivity contribution is 7.91. The number of hydrogen-bond acceptors (Lipinski definition) is 12. The lowest BCUT2D eigenvalue weighted by Crippen LogP contribution is -2.48. The van der Waals surface area contributed by atoms with Gasteiger partial charge in [-0.25, -0.2) is 18.7 Å². The summed E-state index contributed by atoms with van der Waals surface area (Å²) in [5.74, 6) is -1.71. The molecule has 1 aliphatic carbocycles. The minimum atomic E-state index is -5.61. The van der Waals surface area contributed by atoms with Gasteiger partial charge in [0, 0.05) is 26.5 Å². The van der Waals surface area contributed by atoms with Crippen LogP contribution in [0.2, 0.25) is 5.15 Å². The smallest absolute Gasteiger partial charge is 0.369 e. The second-order valence-corrected chi connectivity index (χ2v) is 14.6. The molecule has 0 radical (unpaired) electrons. The molecule has 1 unspecified atom stereocenters. The summed E-state index contributed by atoms with van der Waals surface area (Å²) in [6.07, 6.45) is 0.391. The highest BCUT2D eigenvalue weighted by Gasteiger charge is 2.57. The van der Waals surface area contributed by atoms with Crippen molar-refractivity contribution < 1.29 is 52.6 Å².